The molecule has 0 fully saturated rings. The van der Waals surface area contributed by atoms with Gasteiger partial charge in [-0.25, -0.2) is 19.9 Å². The van der Waals surface area contributed by atoms with Crippen LogP contribution in [0.1, 0.15) is 33.6 Å². The van der Waals surface area contributed by atoms with Gasteiger partial charge in [-0.15, -0.1) is 0 Å². The summed E-state index contributed by atoms with van der Waals surface area (Å²) in [7, 11) is 0. The van der Waals surface area contributed by atoms with E-state index in [9.17, 15) is 9.59 Å². The molecule has 0 rings (SSSR count). The summed E-state index contributed by atoms with van der Waals surface area (Å²) in [6, 6.07) is -1.35. The van der Waals surface area contributed by atoms with Crippen molar-refractivity contribution in [1.29, 1.82) is 0 Å². The molecule has 0 saturated heterocycles. The van der Waals surface area contributed by atoms with Gasteiger partial charge in [0.15, 0.2) is 0 Å². The van der Waals surface area contributed by atoms with E-state index < -0.39 is 12.1 Å². The Balaban J connectivity index is 4.29. The third kappa shape index (κ3) is 5.66. The van der Waals surface area contributed by atoms with E-state index in [1.54, 1.807) is 13.8 Å². The van der Waals surface area contributed by atoms with Gasteiger partial charge < -0.3 is 5.73 Å². The number of nitrogens with zero attached hydrogens (tertiary/aromatic N) is 2. The van der Waals surface area contributed by atoms with Crippen LogP contribution < -0.4 is 11.2 Å². The van der Waals surface area contributed by atoms with Crippen LogP contribution in [0.2, 0.25) is 0 Å². The van der Waals surface area contributed by atoms with E-state index in [1.165, 1.54) is 0 Å². The highest BCUT2D eigenvalue weighted by Gasteiger charge is 2.17. The first-order valence-electron chi connectivity index (χ1n) is 4.86. The number of rotatable bonds is 4. The molecule has 3 N–H and O–H groups in total. The number of nitrogens with two attached hydrogens (primary N) is 1. The molecular weight excluding hydrogens is 196 g/mol. The number of carbonyl (C=O) groups excluding carboxylic acids is 2. The van der Waals surface area contributed by atoms with E-state index in [4.69, 9.17) is 5.73 Å². The van der Waals surface area contributed by atoms with Gasteiger partial charge in [-0.05, 0) is 20.3 Å². The van der Waals surface area contributed by atoms with E-state index in [1.807, 2.05) is 6.92 Å². The summed E-state index contributed by atoms with van der Waals surface area (Å²) in [5.74, 6) is 0. The second kappa shape index (κ2) is 6.80. The van der Waals surface area contributed by atoms with Crippen molar-refractivity contribution in [2.24, 2.45) is 10.8 Å². The van der Waals surface area contributed by atoms with Crippen LogP contribution >= 0.6 is 0 Å². The van der Waals surface area contributed by atoms with Crippen LogP contribution in [0.3, 0.4) is 0 Å². The van der Waals surface area contributed by atoms with Crippen molar-refractivity contribution in [1.82, 2.24) is 10.3 Å². The largest absolute Gasteiger partial charge is 0.351 e. The maximum atomic E-state index is 11.4. The second-order valence-corrected chi connectivity index (χ2v) is 3.32. The lowest BCUT2D eigenvalue weighted by atomic mass is 10.3. The predicted octanol–water partition coefficient (Wildman–Crippen LogP) is 1.27. The fraction of sp³-hybridized carbons (Fsp3) is 0.667. The van der Waals surface area contributed by atoms with Crippen molar-refractivity contribution in [3.05, 3.63) is 0 Å². The number of primary amides is 1. The zero-order chi connectivity index (χ0) is 11.8. The standard InChI is InChI=1S/C9H18N4O2/c1-4-5-6-13(8(10)14)9(15)12-11-7(2)3/h4-6H2,1-3H3,(H2,10,14)(H,12,15). The summed E-state index contributed by atoms with van der Waals surface area (Å²) in [6.07, 6.45) is 1.61. The highest BCUT2D eigenvalue weighted by molar-refractivity contribution is 5.93. The van der Waals surface area contributed by atoms with Crippen molar-refractivity contribution in [3.63, 3.8) is 0 Å². The molecule has 0 unspecified atom stereocenters. The number of nitrogens with one attached hydrogen (secondary N) is 1. The van der Waals surface area contributed by atoms with E-state index in [-0.39, 0.29) is 0 Å². The lowest BCUT2D eigenvalue weighted by Crippen LogP contribution is -2.45. The molecule has 6 heteroatoms. The first kappa shape index (κ1) is 13.4. The third-order valence-electron chi connectivity index (χ3n) is 1.62. The molecule has 0 radical (unpaired) electrons. The Morgan fingerprint density at radius 2 is 2.00 bits per heavy atom. The summed E-state index contributed by atoms with van der Waals surface area (Å²) in [4.78, 5) is 23.3. The van der Waals surface area contributed by atoms with Crippen LogP contribution in [0.25, 0.3) is 0 Å². The molecule has 0 aliphatic heterocycles. The molecule has 0 atom stereocenters. The topological polar surface area (TPSA) is 87.8 Å². The first-order chi connectivity index (χ1) is 6.99. The van der Waals surface area contributed by atoms with Gasteiger partial charge in [0, 0.05) is 12.3 Å². The molecule has 0 aliphatic rings. The summed E-state index contributed by atoms with van der Waals surface area (Å²) >= 11 is 0. The second-order valence-electron chi connectivity index (χ2n) is 3.32. The Labute approximate surface area is 89.5 Å². The molecular formula is C9H18N4O2. The molecule has 0 bridgehead atoms. The molecule has 86 valence electrons. The van der Waals surface area contributed by atoms with Gasteiger partial charge in [-0.3, -0.25) is 0 Å². The molecule has 0 aromatic carbocycles. The molecule has 15 heavy (non-hydrogen) atoms. The monoisotopic (exact) mass is 214 g/mol. The van der Waals surface area contributed by atoms with Crippen LogP contribution in [-0.2, 0) is 0 Å². The first-order valence-corrected chi connectivity index (χ1v) is 4.86. The van der Waals surface area contributed by atoms with Gasteiger partial charge in [-0.2, -0.15) is 5.10 Å². The van der Waals surface area contributed by atoms with Crippen LogP contribution in [0.5, 0.6) is 0 Å². The minimum absolute atomic E-state index is 0.315. The van der Waals surface area contributed by atoms with Crippen LogP contribution in [0.4, 0.5) is 9.59 Å². The number of urea groups is 2. The molecule has 4 amide bonds. The van der Waals surface area contributed by atoms with Crippen molar-refractivity contribution in [2.75, 3.05) is 6.54 Å². The number of unbranched alkanes of at least 4 members (excludes halogenated alkanes) is 1. The fourth-order valence-corrected chi connectivity index (χ4v) is 0.848. The molecule has 6 nitrogen and oxygen atoms in total. The number of carbonyl (C=O) groups is 2. The maximum Gasteiger partial charge on any atom is 0.345 e. The summed E-state index contributed by atoms with van der Waals surface area (Å²) in [6.45, 7) is 5.75. The van der Waals surface area contributed by atoms with E-state index in [0.29, 0.717) is 12.3 Å². The maximum absolute atomic E-state index is 11.4. The van der Waals surface area contributed by atoms with Gasteiger partial charge in [0.2, 0.25) is 0 Å². The minimum Gasteiger partial charge on any atom is -0.351 e. The highest BCUT2D eigenvalue weighted by atomic mass is 16.2. The van der Waals surface area contributed by atoms with Gasteiger partial charge in [-0.1, -0.05) is 13.3 Å². The predicted molar refractivity (Wildman–Crippen MR) is 58.5 cm³/mol. The van der Waals surface area contributed by atoms with Crippen molar-refractivity contribution < 1.29 is 9.59 Å². The highest BCUT2D eigenvalue weighted by Crippen LogP contribution is 1.95. The smallest absolute Gasteiger partial charge is 0.345 e. The Bertz CT molecular complexity index is 259. The average molecular weight is 214 g/mol. The SMILES string of the molecule is CCCCN(C(N)=O)C(=O)NN=C(C)C. The lowest BCUT2D eigenvalue weighted by Gasteiger charge is -2.16. The zero-order valence-electron chi connectivity index (χ0n) is 9.41. The Morgan fingerprint density at radius 3 is 2.40 bits per heavy atom. The summed E-state index contributed by atoms with van der Waals surface area (Å²) in [5, 5.41) is 3.70. The third-order valence-corrected chi connectivity index (χ3v) is 1.62. The lowest BCUT2D eigenvalue weighted by molar-refractivity contribution is 0.191. The number of amides is 4. The number of hydrazone groups is 1. The normalized spacial score (nSPS) is 9.27. The molecule has 0 aromatic rings. The number of imide groups is 1. The van der Waals surface area contributed by atoms with E-state index >= 15 is 0 Å². The Kier molecular flexibility index (Phi) is 6.08. The minimum atomic E-state index is -0.759. The van der Waals surface area contributed by atoms with Crippen LogP contribution in [0.15, 0.2) is 5.10 Å². The van der Waals surface area contributed by atoms with E-state index in [0.717, 1.165) is 17.7 Å². The summed E-state index contributed by atoms with van der Waals surface area (Å²) in [5.41, 5.74) is 8.01. The quantitative estimate of drug-likeness (QED) is 0.545. The van der Waals surface area contributed by atoms with E-state index in [2.05, 4.69) is 10.5 Å². The molecule has 0 aliphatic carbocycles. The van der Waals surface area contributed by atoms with Gasteiger partial charge >= 0.3 is 12.1 Å². The Morgan fingerprint density at radius 1 is 1.40 bits per heavy atom. The van der Waals surface area contributed by atoms with Crippen LogP contribution in [0, 0.1) is 0 Å². The van der Waals surface area contributed by atoms with Gasteiger partial charge in [0.1, 0.15) is 0 Å². The molecule has 0 heterocycles. The van der Waals surface area contributed by atoms with Gasteiger partial charge in [0.05, 0.1) is 0 Å². The van der Waals surface area contributed by atoms with Crippen LogP contribution in [-0.4, -0.2) is 29.2 Å². The number of hydrogen-bond donors (Lipinski definition) is 2. The zero-order valence-corrected chi connectivity index (χ0v) is 9.41. The van der Waals surface area contributed by atoms with Crippen molar-refractivity contribution in [2.45, 2.75) is 33.6 Å². The van der Waals surface area contributed by atoms with Gasteiger partial charge in [0.25, 0.3) is 0 Å². The molecule has 0 aromatic heterocycles. The summed E-state index contributed by atoms with van der Waals surface area (Å²) < 4.78 is 0. The molecule has 0 saturated carbocycles. The Hall–Kier alpha value is -1.59. The van der Waals surface area contributed by atoms with Crippen molar-refractivity contribution in [3.8, 4) is 0 Å². The van der Waals surface area contributed by atoms with Crippen molar-refractivity contribution >= 4 is 17.8 Å². The molecule has 0 spiro atoms. The fourth-order valence-electron chi connectivity index (χ4n) is 0.848. The average Bonchev–Trinajstić information content (AvgIpc) is 2.14. The number of hydrogen-bond acceptors (Lipinski definition) is 3.